The molecule has 16 heavy (non-hydrogen) atoms. The third kappa shape index (κ3) is 16.5. The Morgan fingerprint density at radius 2 is 1.75 bits per heavy atom. The van der Waals surface area contributed by atoms with Crippen LogP contribution in [0.15, 0.2) is 0 Å². The second-order valence-electron chi connectivity index (χ2n) is 3.47. The second kappa shape index (κ2) is 15.1. The van der Waals surface area contributed by atoms with Gasteiger partial charge in [0.25, 0.3) is 0 Å². The van der Waals surface area contributed by atoms with Crippen LogP contribution in [0.5, 0.6) is 0 Å². The molecule has 0 aliphatic heterocycles. The maximum atomic E-state index is 8.48. The van der Waals surface area contributed by atoms with Gasteiger partial charge in [-0.2, -0.15) is 25.7 Å². The molecule has 99 valence electrons. The van der Waals surface area contributed by atoms with Crippen molar-refractivity contribution >= 4 is 0 Å². The number of nitrogens with one attached hydrogen (secondary N) is 2. The molecule has 0 aromatic heterocycles. The van der Waals surface area contributed by atoms with Crippen LogP contribution in [-0.4, -0.2) is 38.8 Å². The predicted molar refractivity (Wildman–Crippen MR) is 59.7 cm³/mol. The first-order valence-electron chi connectivity index (χ1n) is 5.10. The Balaban J connectivity index is 0. The van der Waals surface area contributed by atoms with Gasteiger partial charge < -0.3 is 22.1 Å². The molecule has 0 aromatic carbocycles. The van der Waals surface area contributed by atoms with Gasteiger partial charge in [-0.25, -0.2) is 0 Å². The van der Waals surface area contributed by atoms with Gasteiger partial charge in [-0.3, -0.25) is 0 Å². The van der Waals surface area contributed by atoms with Crippen LogP contribution in [0, 0.1) is 5.92 Å². The number of rotatable bonds is 8. The molecule has 0 aliphatic carbocycles. The van der Waals surface area contributed by atoms with Crippen molar-refractivity contribution in [3.8, 4) is 0 Å². The zero-order valence-corrected chi connectivity index (χ0v) is 11.6. The summed E-state index contributed by atoms with van der Waals surface area (Å²) in [6, 6.07) is 0.152. The van der Waals surface area contributed by atoms with E-state index in [2.05, 4.69) is 17.6 Å². The van der Waals surface area contributed by atoms with Crippen molar-refractivity contribution < 1.29 is 24.6 Å². The summed E-state index contributed by atoms with van der Waals surface area (Å²) >= 11 is -1.91. The van der Waals surface area contributed by atoms with E-state index >= 15 is 0 Å². The molecule has 0 rings (SSSR count). The van der Waals surface area contributed by atoms with Crippen molar-refractivity contribution in [3.05, 3.63) is 22.1 Å². The molecule has 0 saturated heterocycles. The SMILES string of the molecule is CC(C[N-]CC[NH-])C[N-]C(C)C[NH-].[O]=[Tc]=[O]. The quantitative estimate of drug-likeness (QED) is 0.641. The van der Waals surface area contributed by atoms with Crippen LogP contribution in [-0.2, 0) is 24.6 Å². The van der Waals surface area contributed by atoms with Gasteiger partial charge in [-0.1, -0.05) is 19.8 Å². The predicted octanol–water partition coefficient (Wildman–Crippen LogP) is 2.62. The van der Waals surface area contributed by atoms with Crippen LogP contribution >= 0.6 is 0 Å². The zero-order valence-electron chi connectivity index (χ0n) is 9.78. The van der Waals surface area contributed by atoms with E-state index in [1.165, 1.54) is 0 Å². The van der Waals surface area contributed by atoms with E-state index in [1.807, 2.05) is 6.92 Å². The molecule has 0 amide bonds. The Hall–Kier alpha value is 0.0894. The van der Waals surface area contributed by atoms with Crippen LogP contribution < -0.4 is 0 Å². The fourth-order valence-corrected chi connectivity index (χ4v) is 0.873. The fraction of sp³-hybridized carbons (Fsp3) is 1.00. The van der Waals surface area contributed by atoms with Gasteiger partial charge in [0, 0.05) is 0 Å². The number of hydrogen-bond donors (Lipinski definition) is 0. The molecule has 0 heterocycles. The molecular weight excluding hydrogens is 294 g/mol. The molecular formula is C9H20N4O2Tc-4. The molecule has 2 atom stereocenters. The minimum atomic E-state index is -1.91. The first-order valence-corrected chi connectivity index (χ1v) is 6.62. The van der Waals surface area contributed by atoms with Crippen LogP contribution in [0.3, 0.4) is 0 Å². The van der Waals surface area contributed by atoms with Gasteiger partial charge >= 0.3 is 24.6 Å². The normalized spacial score (nSPS) is 13.5. The Kier molecular flexibility index (Phi) is 17.4. The summed E-state index contributed by atoms with van der Waals surface area (Å²) in [4.78, 5) is 0. The summed E-state index contributed by atoms with van der Waals surface area (Å²) in [5.74, 6) is 0.459. The Morgan fingerprint density at radius 1 is 1.19 bits per heavy atom. The van der Waals surface area contributed by atoms with E-state index in [0.29, 0.717) is 25.6 Å². The van der Waals surface area contributed by atoms with Gasteiger partial charge in [0.15, 0.2) is 0 Å². The monoisotopic (exact) mass is 313 g/mol. The van der Waals surface area contributed by atoms with Gasteiger partial charge in [0.2, 0.25) is 0 Å². The zero-order chi connectivity index (χ0) is 12.8. The molecule has 2 N–H and O–H groups in total. The topological polar surface area (TPSA) is 110 Å². The summed E-state index contributed by atoms with van der Waals surface area (Å²) in [6.45, 7) is 7.05. The third-order valence-corrected chi connectivity index (χ3v) is 1.73. The van der Waals surface area contributed by atoms with Crippen LogP contribution in [0.4, 0.5) is 0 Å². The van der Waals surface area contributed by atoms with E-state index < -0.39 is 17.6 Å². The van der Waals surface area contributed by atoms with E-state index in [4.69, 9.17) is 18.5 Å². The Morgan fingerprint density at radius 3 is 2.19 bits per heavy atom. The molecule has 0 spiro atoms. The average Bonchev–Trinajstić information content (AvgIpc) is 2.27. The van der Waals surface area contributed by atoms with E-state index in [-0.39, 0.29) is 6.04 Å². The first kappa shape index (κ1) is 18.5. The van der Waals surface area contributed by atoms with Gasteiger partial charge in [-0.05, 0) is 0 Å². The van der Waals surface area contributed by atoms with Gasteiger partial charge in [0.05, 0.1) is 0 Å². The second-order valence-corrected chi connectivity index (χ2v) is 3.78. The maximum absolute atomic E-state index is 8.48. The van der Waals surface area contributed by atoms with Gasteiger partial charge in [-0.15, -0.1) is 13.1 Å². The fourth-order valence-electron chi connectivity index (χ4n) is 0.873. The average molecular weight is 314 g/mol. The van der Waals surface area contributed by atoms with E-state index in [9.17, 15) is 0 Å². The molecule has 0 bridgehead atoms. The van der Waals surface area contributed by atoms with Crippen molar-refractivity contribution in [3.63, 3.8) is 0 Å². The van der Waals surface area contributed by atoms with Crippen molar-refractivity contribution in [1.82, 2.24) is 0 Å². The van der Waals surface area contributed by atoms with Crippen LogP contribution in [0.1, 0.15) is 13.8 Å². The molecule has 2 unspecified atom stereocenters. The molecule has 0 aromatic rings. The van der Waals surface area contributed by atoms with E-state index in [1.54, 1.807) is 0 Å². The van der Waals surface area contributed by atoms with Gasteiger partial charge in [0.1, 0.15) is 0 Å². The first-order chi connectivity index (χ1) is 7.62. The van der Waals surface area contributed by atoms with Crippen LogP contribution in [0.25, 0.3) is 22.1 Å². The third-order valence-electron chi connectivity index (χ3n) is 1.73. The number of hydrogen-bond acceptors (Lipinski definition) is 2. The molecule has 0 fully saturated rings. The van der Waals surface area contributed by atoms with Crippen molar-refractivity contribution in [2.24, 2.45) is 5.92 Å². The minimum absolute atomic E-state index is 0.152. The Bertz CT molecular complexity index is 177. The molecule has 6 nitrogen and oxygen atoms in total. The van der Waals surface area contributed by atoms with Crippen molar-refractivity contribution in [2.45, 2.75) is 19.9 Å². The summed E-state index contributed by atoms with van der Waals surface area (Å²) in [5, 5.41) is 8.53. The van der Waals surface area contributed by atoms with Crippen molar-refractivity contribution in [1.29, 1.82) is 0 Å². The van der Waals surface area contributed by atoms with Crippen molar-refractivity contribution in [2.75, 3.05) is 32.7 Å². The van der Waals surface area contributed by atoms with Crippen LogP contribution in [0.2, 0.25) is 0 Å². The summed E-state index contributed by atoms with van der Waals surface area (Å²) in [6.07, 6.45) is 0. The van der Waals surface area contributed by atoms with E-state index in [0.717, 1.165) is 13.1 Å². The summed E-state index contributed by atoms with van der Waals surface area (Å²) in [7, 11) is 0. The summed E-state index contributed by atoms with van der Waals surface area (Å²) in [5.41, 5.74) is 14.0. The number of nitrogens with zero attached hydrogens (tertiary/aromatic N) is 2. The standard InChI is InChI=1S/C9H20N4.2O.Tc/c1-8(6-12-4-3-10)7-13-9(2)5-11;;;/h8-11H,3-7H2,1-2H3;;;/q-4;;;. The molecule has 0 aliphatic rings. The molecule has 7 heteroatoms. The summed E-state index contributed by atoms with van der Waals surface area (Å²) < 4.78 is 17.0. The Labute approximate surface area is 105 Å². The molecule has 0 radical (unpaired) electrons. The molecule has 0 saturated carbocycles.